The average molecular weight is 702 g/mol. The van der Waals surface area contributed by atoms with Crippen molar-refractivity contribution in [2.75, 3.05) is 6.54 Å². The van der Waals surface area contributed by atoms with Crippen LogP contribution in [0.15, 0.2) is 36.4 Å². The van der Waals surface area contributed by atoms with Gasteiger partial charge in [0, 0.05) is 12.0 Å². The summed E-state index contributed by atoms with van der Waals surface area (Å²) in [7, 11) is 0. The van der Waals surface area contributed by atoms with E-state index >= 15 is 0 Å². The molecule has 1 unspecified atom stereocenters. The summed E-state index contributed by atoms with van der Waals surface area (Å²) < 4.78 is 6.29. The third-order valence-electron chi connectivity index (χ3n) is 16.8. The van der Waals surface area contributed by atoms with E-state index in [0.29, 0.717) is 28.6 Å². The summed E-state index contributed by atoms with van der Waals surface area (Å²) in [5.41, 5.74) is 4.25. The van der Waals surface area contributed by atoms with Crippen molar-refractivity contribution in [3.63, 3.8) is 0 Å². The summed E-state index contributed by atoms with van der Waals surface area (Å²) in [5.74, 6) is 3.88. The van der Waals surface area contributed by atoms with E-state index in [1.807, 2.05) is 13.8 Å². The Hall–Kier alpha value is -2.14. The molecule has 2 N–H and O–H groups in total. The van der Waals surface area contributed by atoms with Crippen LogP contribution >= 0.6 is 0 Å². The number of carboxylic acids is 1. The van der Waals surface area contributed by atoms with Gasteiger partial charge < -0.3 is 15.2 Å². The molecule has 5 nitrogen and oxygen atoms in total. The Morgan fingerprint density at radius 2 is 1.61 bits per heavy atom. The number of rotatable bonds is 11. The van der Waals surface area contributed by atoms with Crippen LogP contribution in [0.3, 0.4) is 0 Å². The molecule has 5 aliphatic carbocycles. The fourth-order valence-corrected chi connectivity index (χ4v) is 14.1. The first kappa shape index (κ1) is 38.6. The van der Waals surface area contributed by atoms with E-state index in [2.05, 4.69) is 84.6 Å². The predicted octanol–water partition coefficient (Wildman–Crippen LogP) is 10.8. The zero-order valence-electron chi connectivity index (χ0n) is 33.7. The van der Waals surface area contributed by atoms with E-state index in [9.17, 15) is 14.7 Å². The Kier molecular flexibility index (Phi) is 10.5. The molecule has 1 aromatic rings. The first-order valence-electron chi connectivity index (χ1n) is 20.7. The maximum atomic E-state index is 13.2. The Labute approximate surface area is 310 Å². The summed E-state index contributed by atoms with van der Waals surface area (Å²) in [4.78, 5) is 24.6. The van der Waals surface area contributed by atoms with Crippen LogP contribution in [-0.4, -0.2) is 29.7 Å². The maximum Gasteiger partial charge on any atom is 0.306 e. The SMILES string of the molecule is C=C(C)[C@@H]1C[C@@H](CCNCc2ccc(C)cc2)C2CC[C@]3(C)[C@H](CC[C@@H]4[C@@]5(C)CC[C@H](OC(=O)CC(C)(C)CC(=O)O)C(C)(C)[C@@H]5CC[C@]43C)[C@H]21. The predicted molar refractivity (Wildman–Crippen MR) is 207 cm³/mol. The first-order valence-corrected chi connectivity index (χ1v) is 20.7. The highest BCUT2D eigenvalue weighted by Crippen LogP contribution is 2.76. The van der Waals surface area contributed by atoms with Gasteiger partial charge in [-0.25, -0.2) is 0 Å². The van der Waals surface area contributed by atoms with Crippen molar-refractivity contribution >= 4 is 11.9 Å². The molecule has 0 aromatic heterocycles. The fraction of sp³-hybridized carbons (Fsp3) is 0.783. The number of hydrogen-bond acceptors (Lipinski definition) is 4. The standard InChI is InChI=1S/C46H71NO4/c1-29(2)34-25-32(20-24-47-28-31-13-11-30(3)12-14-31)33-17-22-45(9)35(41(33)34)15-16-37-44(8)21-19-38(43(6,7)36(44)18-23-46(37,45)10)51-40(50)27-42(4,5)26-39(48)49/h11-14,32-38,41,47H,1,15-28H2,2-10H3,(H,48,49)/t32-,33?,34+,35-,36+,37-,38+,41-,44+,45-,46-/m1/s1. The van der Waals surface area contributed by atoms with Crippen molar-refractivity contribution in [1.82, 2.24) is 5.32 Å². The molecular weight excluding hydrogens is 631 g/mol. The average Bonchev–Trinajstić information content (AvgIpc) is 3.40. The molecule has 0 bridgehead atoms. The number of benzene rings is 1. The molecule has 5 fully saturated rings. The van der Waals surface area contributed by atoms with Gasteiger partial charge in [0.25, 0.3) is 0 Å². The number of hydrogen-bond donors (Lipinski definition) is 2. The first-order chi connectivity index (χ1) is 23.8. The van der Waals surface area contributed by atoms with Crippen LogP contribution in [-0.2, 0) is 20.9 Å². The molecule has 0 amide bonds. The number of ether oxygens (including phenoxy) is 1. The summed E-state index contributed by atoms with van der Waals surface area (Å²) in [6.07, 6.45) is 12.5. The van der Waals surface area contributed by atoms with Crippen molar-refractivity contribution in [2.45, 2.75) is 152 Å². The molecule has 5 heteroatoms. The van der Waals surface area contributed by atoms with E-state index in [4.69, 9.17) is 4.74 Å². The number of carbonyl (C=O) groups excluding carboxylic acids is 1. The lowest BCUT2D eigenvalue weighted by Crippen LogP contribution is -2.66. The van der Waals surface area contributed by atoms with Gasteiger partial charge >= 0.3 is 11.9 Å². The lowest BCUT2D eigenvalue weighted by atomic mass is 9.33. The van der Waals surface area contributed by atoms with E-state index in [-0.39, 0.29) is 35.7 Å². The Morgan fingerprint density at radius 3 is 2.27 bits per heavy atom. The second kappa shape index (κ2) is 13.9. The van der Waals surface area contributed by atoms with Gasteiger partial charge in [-0.15, -0.1) is 0 Å². The molecular formula is C46H71NO4. The molecule has 0 saturated heterocycles. The minimum atomic E-state index is -0.867. The van der Waals surface area contributed by atoms with E-state index in [0.717, 1.165) is 49.6 Å². The Morgan fingerprint density at radius 1 is 0.922 bits per heavy atom. The Balaban J connectivity index is 1.15. The molecule has 51 heavy (non-hydrogen) atoms. The number of aryl methyl sites for hydroxylation is 1. The summed E-state index contributed by atoms with van der Waals surface area (Å²) in [5, 5.41) is 13.1. The molecule has 0 radical (unpaired) electrons. The van der Waals surface area contributed by atoms with Crippen molar-refractivity contribution in [3.05, 3.63) is 47.5 Å². The monoisotopic (exact) mass is 702 g/mol. The van der Waals surface area contributed by atoms with Gasteiger partial charge in [0.1, 0.15) is 6.10 Å². The lowest BCUT2D eigenvalue weighted by molar-refractivity contribution is -0.245. The van der Waals surface area contributed by atoms with E-state index in [1.165, 1.54) is 68.1 Å². The minimum Gasteiger partial charge on any atom is -0.481 e. The highest BCUT2D eigenvalue weighted by Gasteiger charge is 2.69. The number of allylic oxidation sites excluding steroid dienone is 1. The van der Waals surface area contributed by atoms with Crippen molar-refractivity contribution in [3.8, 4) is 0 Å². The van der Waals surface area contributed by atoms with Gasteiger partial charge in [0.15, 0.2) is 0 Å². The van der Waals surface area contributed by atoms with Crippen LogP contribution < -0.4 is 5.32 Å². The van der Waals surface area contributed by atoms with Crippen molar-refractivity contribution < 1.29 is 19.4 Å². The number of nitrogens with one attached hydrogen (secondary N) is 1. The molecule has 5 saturated carbocycles. The van der Waals surface area contributed by atoms with Gasteiger partial charge in [0.2, 0.25) is 0 Å². The third-order valence-corrected chi connectivity index (χ3v) is 16.8. The van der Waals surface area contributed by atoms with Gasteiger partial charge in [-0.05, 0) is 153 Å². The molecule has 5 aliphatic rings. The second-order valence-electron chi connectivity index (χ2n) is 20.6. The van der Waals surface area contributed by atoms with Crippen LogP contribution in [0.5, 0.6) is 0 Å². The summed E-state index contributed by atoms with van der Waals surface area (Å²) in [6, 6.07) is 8.95. The zero-order valence-corrected chi connectivity index (χ0v) is 33.7. The summed E-state index contributed by atoms with van der Waals surface area (Å²) in [6.45, 7) is 27.7. The van der Waals surface area contributed by atoms with Crippen LogP contribution in [0.25, 0.3) is 0 Å². The summed E-state index contributed by atoms with van der Waals surface area (Å²) >= 11 is 0. The van der Waals surface area contributed by atoms with Gasteiger partial charge in [0.05, 0.1) is 12.8 Å². The molecule has 284 valence electrons. The van der Waals surface area contributed by atoms with E-state index in [1.54, 1.807) is 0 Å². The van der Waals surface area contributed by atoms with Gasteiger partial charge in [-0.3, -0.25) is 9.59 Å². The number of aliphatic carboxylic acids is 1. The fourth-order valence-electron chi connectivity index (χ4n) is 14.1. The smallest absolute Gasteiger partial charge is 0.306 e. The molecule has 0 aliphatic heterocycles. The van der Waals surface area contributed by atoms with Crippen LogP contribution in [0.1, 0.15) is 144 Å². The third kappa shape index (κ3) is 6.89. The van der Waals surface area contributed by atoms with Gasteiger partial charge in [-0.2, -0.15) is 0 Å². The molecule has 1 aromatic carbocycles. The lowest BCUT2D eigenvalue weighted by Gasteiger charge is -2.72. The number of carboxylic acid groups (broad SMARTS) is 1. The molecule has 11 atom stereocenters. The zero-order chi connectivity index (χ0) is 37.1. The number of carbonyl (C=O) groups is 2. The molecule has 6 rings (SSSR count). The highest BCUT2D eigenvalue weighted by molar-refractivity contribution is 5.73. The number of fused-ring (bicyclic) bond motifs is 7. The highest BCUT2D eigenvalue weighted by atomic mass is 16.5. The van der Waals surface area contributed by atoms with Crippen molar-refractivity contribution in [2.24, 2.45) is 68.5 Å². The minimum absolute atomic E-state index is 0.0298. The van der Waals surface area contributed by atoms with Gasteiger partial charge in [-0.1, -0.05) is 90.4 Å². The normalized spacial score (nSPS) is 39.9. The maximum absolute atomic E-state index is 13.2. The van der Waals surface area contributed by atoms with Crippen molar-refractivity contribution in [1.29, 1.82) is 0 Å². The topological polar surface area (TPSA) is 75.6 Å². The number of esters is 1. The van der Waals surface area contributed by atoms with Crippen LogP contribution in [0, 0.1) is 75.4 Å². The molecule has 0 heterocycles. The quantitative estimate of drug-likeness (QED) is 0.136. The molecule has 0 spiro atoms. The Bertz CT molecular complexity index is 1460. The van der Waals surface area contributed by atoms with Crippen LogP contribution in [0.2, 0.25) is 0 Å². The van der Waals surface area contributed by atoms with Crippen LogP contribution in [0.4, 0.5) is 0 Å². The largest absolute Gasteiger partial charge is 0.481 e. The van der Waals surface area contributed by atoms with E-state index < -0.39 is 11.4 Å². The second-order valence-corrected chi connectivity index (χ2v) is 20.6.